The number of halogens is 1. The maximum absolute atomic E-state index is 12.4. The van der Waals surface area contributed by atoms with Gasteiger partial charge in [0.15, 0.2) is 0 Å². The van der Waals surface area contributed by atoms with Crippen LogP contribution in [0.25, 0.3) is 5.70 Å². The lowest BCUT2D eigenvalue weighted by molar-refractivity contribution is -0.111. The van der Waals surface area contributed by atoms with E-state index in [1.165, 1.54) is 5.56 Å². The fraction of sp³-hybridized carbons (Fsp3) is 0.211. The van der Waals surface area contributed by atoms with Crippen molar-refractivity contribution in [1.82, 2.24) is 5.32 Å². The second-order valence-electron chi connectivity index (χ2n) is 6.37. The number of carbonyl (C=O) groups excluding carboxylic acids is 1. The average molecular weight is 327 g/mol. The van der Waals surface area contributed by atoms with Crippen LogP contribution in [-0.2, 0) is 11.2 Å². The topological polar surface area (TPSA) is 41.1 Å². The summed E-state index contributed by atoms with van der Waals surface area (Å²) in [5.74, 6) is -0.201. The van der Waals surface area contributed by atoms with Gasteiger partial charge in [0.25, 0.3) is 5.91 Å². The van der Waals surface area contributed by atoms with Gasteiger partial charge in [-0.3, -0.25) is 4.79 Å². The van der Waals surface area contributed by atoms with Gasteiger partial charge in [-0.05, 0) is 38.0 Å². The molecule has 118 valence electrons. The number of amides is 1. The van der Waals surface area contributed by atoms with Crippen molar-refractivity contribution in [3.8, 4) is 0 Å². The van der Waals surface area contributed by atoms with E-state index < -0.39 is 0 Å². The van der Waals surface area contributed by atoms with Crippen LogP contribution in [0, 0.1) is 0 Å². The van der Waals surface area contributed by atoms with E-state index in [9.17, 15) is 4.79 Å². The van der Waals surface area contributed by atoms with Gasteiger partial charge in [0.1, 0.15) is 0 Å². The molecule has 3 rings (SSSR count). The molecule has 1 aliphatic heterocycles. The minimum absolute atomic E-state index is 0.0924. The van der Waals surface area contributed by atoms with Gasteiger partial charge in [0, 0.05) is 22.9 Å². The lowest BCUT2D eigenvalue weighted by atomic mass is 9.86. The lowest BCUT2D eigenvalue weighted by Crippen LogP contribution is -2.44. The van der Waals surface area contributed by atoms with Crippen molar-refractivity contribution in [2.45, 2.75) is 25.8 Å². The quantitative estimate of drug-likeness (QED) is 0.810. The molecule has 0 bridgehead atoms. The predicted octanol–water partition coefficient (Wildman–Crippen LogP) is 4.24. The van der Waals surface area contributed by atoms with Crippen LogP contribution in [0.3, 0.4) is 0 Å². The Hall–Kier alpha value is -2.26. The summed E-state index contributed by atoms with van der Waals surface area (Å²) in [6.45, 7) is 4.26. The maximum atomic E-state index is 12.4. The highest BCUT2D eigenvalue weighted by atomic mass is 35.5. The largest absolute Gasteiger partial charge is 0.379 e. The van der Waals surface area contributed by atoms with Crippen molar-refractivity contribution in [2.75, 3.05) is 5.32 Å². The highest BCUT2D eigenvalue weighted by Gasteiger charge is 2.27. The summed E-state index contributed by atoms with van der Waals surface area (Å²) in [6.07, 6.45) is 2.52. The summed E-state index contributed by atoms with van der Waals surface area (Å²) >= 11 is 6.09. The smallest absolute Gasteiger partial charge is 0.250 e. The van der Waals surface area contributed by atoms with Gasteiger partial charge in [-0.2, -0.15) is 0 Å². The molecule has 0 fully saturated rings. The molecule has 0 radical (unpaired) electrons. The fourth-order valence-electron chi connectivity index (χ4n) is 2.87. The van der Waals surface area contributed by atoms with Crippen LogP contribution in [0.1, 0.15) is 25.0 Å². The Morgan fingerprint density at radius 2 is 1.87 bits per heavy atom. The molecule has 4 heteroatoms. The highest BCUT2D eigenvalue weighted by molar-refractivity contribution is 6.33. The molecule has 2 N–H and O–H groups in total. The highest BCUT2D eigenvalue weighted by Crippen LogP contribution is 2.29. The molecule has 2 aromatic carbocycles. The zero-order valence-corrected chi connectivity index (χ0v) is 13.9. The molecule has 1 heterocycles. The van der Waals surface area contributed by atoms with Crippen molar-refractivity contribution in [3.63, 3.8) is 0 Å². The van der Waals surface area contributed by atoms with Crippen molar-refractivity contribution >= 4 is 28.9 Å². The van der Waals surface area contributed by atoms with Crippen molar-refractivity contribution < 1.29 is 4.79 Å². The molecule has 0 unspecified atom stereocenters. The summed E-state index contributed by atoms with van der Waals surface area (Å²) in [5.41, 5.74) is 3.67. The monoisotopic (exact) mass is 326 g/mol. The molecule has 0 saturated heterocycles. The van der Waals surface area contributed by atoms with Gasteiger partial charge in [-0.15, -0.1) is 0 Å². The van der Waals surface area contributed by atoms with Crippen LogP contribution in [0.5, 0.6) is 0 Å². The Balaban J connectivity index is 1.89. The number of hydrogen-bond donors (Lipinski definition) is 2. The SMILES string of the molecule is CC1(C)Cc2ccccc2/C(=C/C(=O)Nc2ccccc2Cl)N1. The van der Waals surface area contributed by atoms with Crippen LogP contribution in [-0.4, -0.2) is 11.4 Å². The Bertz CT molecular complexity index is 780. The average Bonchev–Trinajstić information content (AvgIpc) is 2.48. The van der Waals surface area contributed by atoms with Gasteiger partial charge in [0.05, 0.1) is 10.7 Å². The standard InChI is InChI=1S/C19H19ClN2O/c1-19(2)12-13-7-3-4-8-14(13)17(22-19)11-18(23)21-16-10-6-5-9-15(16)20/h3-11,22H,12H2,1-2H3,(H,21,23)/b17-11-. The third kappa shape index (κ3) is 3.57. The Morgan fingerprint density at radius 1 is 1.17 bits per heavy atom. The molecule has 1 amide bonds. The first-order valence-electron chi connectivity index (χ1n) is 7.58. The van der Waals surface area contributed by atoms with E-state index in [4.69, 9.17) is 11.6 Å². The van der Waals surface area contributed by atoms with Gasteiger partial charge in [-0.1, -0.05) is 48.0 Å². The van der Waals surface area contributed by atoms with Crippen molar-refractivity contribution in [1.29, 1.82) is 0 Å². The van der Waals surface area contributed by atoms with Crippen molar-refractivity contribution in [2.24, 2.45) is 0 Å². The van der Waals surface area contributed by atoms with Crippen LogP contribution in [0.4, 0.5) is 5.69 Å². The summed E-state index contributed by atoms with van der Waals surface area (Å²) in [7, 11) is 0. The number of hydrogen-bond acceptors (Lipinski definition) is 2. The minimum Gasteiger partial charge on any atom is -0.379 e. The maximum Gasteiger partial charge on any atom is 0.250 e. The Labute approximate surface area is 141 Å². The van der Waals surface area contributed by atoms with Crippen molar-refractivity contribution in [3.05, 3.63) is 70.8 Å². The molecule has 23 heavy (non-hydrogen) atoms. The number of para-hydroxylation sites is 1. The number of benzene rings is 2. The second-order valence-corrected chi connectivity index (χ2v) is 6.78. The van der Waals surface area contributed by atoms with E-state index >= 15 is 0 Å². The zero-order chi connectivity index (χ0) is 16.4. The number of anilines is 1. The predicted molar refractivity (Wildman–Crippen MR) is 95.4 cm³/mol. The number of fused-ring (bicyclic) bond motifs is 1. The van der Waals surface area contributed by atoms with E-state index in [1.807, 2.05) is 30.3 Å². The zero-order valence-electron chi connectivity index (χ0n) is 13.2. The lowest BCUT2D eigenvalue weighted by Gasteiger charge is -2.35. The fourth-order valence-corrected chi connectivity index (χ4v) is 3.05. The molecule has 3 nitrogen and oxygen atoms in total. The Morgan fingerprint density at radius 3 is 2.65 bits per heavy atom. The number of rotatable bonds is 2. The molecule has 1 aliphatic rings. The molecular weight excluding hydrogens is 308 g/mol. The summed E-state index contributed by atoms with van der Waals surface area (Å²) in [4.78, 5) is 12.4. The third-order valence-electron chi connectivity index (χ3n) is 3.82. The molecule has 0 aliphatic carbocycles. The van der Waals surface area contributed by atoms with Crippen LogP contribution < -0.4 is 10.6 Å². The Kier molecular flexibility index (Phi) is 4.14. The van der Waals surface area contributed by atoms with Gasteiger partial charge >= 0.3 is 0 Å². The van der Waals surface area contributed by atoms with E-state index in [0.717, 1.165) is 17.7 Å². The van der Waals surface area contributed by atoms with E-state index in [0.29, 0.717) is 10.7 Å². The first-order valence-corrected chi connectivity index (χ1v) is 7.96. The van der Waals surface area contributed by atoms with Crippen LogP contribution in [0.15, 0.2) is 54.6 Å². The molecule has 0 spiro atoms. The van der Waals surface area contributed by atoms with E-state index in [2.05, 4.69) is 30.5 Å². The van der Waals surface area contributed by atoms with Gasteiger partial charge in [0.2, 0.25) is 0 Å². The minimum atomic E-state index is -0.201. The number of nitrogens with one attached hydrogen (secondary N) is 2. The normalized spacial score (nSPS) is 17.3. The van der Waals surface area contributed by atoms with Gasteiger partial charge in [-0.25, -0.2) is 0 Å². The third-order valence-corrected chi connectivity index (χ3v) is 4.15. The van der Waals surface area contributed by atoms with Crippen LogP contribution >= 0.6 is 11.6 Å². The van der Waals surface area contributed by atoms with E-state index in [-0.39, 0.29) is 11.4 Å². The number of carbonyl (C=O) groups is 1. The van der Waals surface area contributed by atoms with Gasteiger partial charge < -0.3 is 10.6 Å². The first kappa shape index (κ1) is 15.6. The molecule has 0 aromatic heterocycles. The summed E-state index contributed by atoms with van der Waals surface area (Å²) in [6, 6.07) is 15.4. The molecular formula is C19H19ClN2O. The molecule has 0 atom stereocenters. The molecule has 0 saturated carbocycles. The summed E-state index contributed by atoms with van der Waals surface area (Å²) < 4.78 is 0. The van der Waals surface area contributed by atoms with E-state index in [1.54, 1.807) is 18.2 Å². The van der Waals surface area contributed by atoms with Crippen LogP contribution in [0.2, 0.25) is 5.02 Å². The first-order chi connectivity index (χ1) is 10.9. The summed E-state index contributed by atoms with van der Waals surface area (Å²) in [5, 5.41) is 6.80. The second kappa shape index (κ2) is 6.09. The molecule has 2 aromatic rings.